The van der Waals surface area contributed by atoms with Crippen molar-refractivity contribution in [2.75, 3.05) is 0 Å². The fourth-order valence-electron chi connectivity index (χ4n) is 3.37. The van der Waals surface area contributed by atoms with Gasteiger partial charge in [0.25, 0.3) is 0 Å². The Hall–Kier alpha value is -1.55. The maximum Gasteiger partial charge on any atom is 0.156 e. The average Bonchev–Trinajstić information content (AvgIpc) is 2.86. The van der Waals surface area contributed by atoms with Crippen LogP contribution < -0.4 is 5.73 Å². The minimum Gasteiger partial charge on any atom is -0.359 e. The summed E-state index contributed by atoms with van der Waals surface area (Å²) in [5, 5.41) is 3.97. The van der Waals surface area contributed by atoms with Crippen molar-refractivity contribution < 1.29 is 4.52 Å². The molecule has 0 fully saturated rings. The van der Waals surface area contributed by atoms with Gasteiger partial charge in [-0.05, 0) is 43.7 Å². The standard InChI is InChI=1S/C16H23N3O/c1-10-5-12(20-18-10)9-19-11(2)6-13-14(17)7-16(3,4)8-15(13)19/h5-6,14H,7-9,17H2,1-4H3. The molecular formula is C16H23N3O. The highest BCUT2D eigenvalue weighted by molar-refractivity contribution is 5.34. The Bertz CT molecular complexity index is 636. The van der Waals surface area contributed by atoms with E-state index in [1.807, 2.05) is 13.0 Å². The van der Waals surface area contributed by atoms with Gasteiger partial charge in [-0.1, -0.05) is 19.0 Å². The molecule has 4 nitrogen and oxygen atoms in total. The molecule has 0 aliphatic heterocycles. The zero-order valence-electron chi connectivity index (χ0n) is 12.7. The van der Waals surface area contributed by atoms with Crippen LogP contribution in [0.15, 0.2) is 16.7 Å². The molecule has 0 amide bonds. The number of hydrogen-bond donors (Lipinski definition) is 1. The Kier molecular flexibility index (Phi) is 3.01. The number of hydrogen-bond acceptors (Lipinski definition) is 3. The Morgan fingerprint density at radius 2 is 2.15 bits per heavy atom. The van der Waals surface area contributed by atoms with E-state index in [-0.39, 0.29) is 11.5 Å². The van der Waals surface area contributed by atoms with Gasteiger partial charge in [-0.25, -0.2) is 0 Å². The molecule has 4 heteroatoms. The van der Waals surface area contributed by atoms with E-state index in [0.717, 1.165) is 30.8 Å². The van der Waals surface area contributed by atoms with Gasteiger partial charge in [0, 0.05) is 23.5 Å². The molecule has 1 atom stereocenters. The summed E-state index contributed by atoms with van der Waals surface area (Å²) in [6.07, 6.45) is 2.11. The molecule has 0 bridgehead atoms. The Balaban J connectivity index is 2.00. The van der Waals surface area contributed by atoms with Gasteiger partial charge in [-0.2, -0.15) is 0 Å². The lowest BCUT2D eigenvalue weighted by Gasteiger charge is -2.34. The van der Waals surface area contributed by atoms with E-state index in [2.05, 4.69) is 36.6 Å². The van der Waals surface area contributed by atoms with Crippen LogP contribution in [0.25, 0.3) is 0 Å². The summed E-state index contributed by atoms with van der Waals surface area (Å²) in [6, 6.07) is 4.38. The summed E-state index contributed by atoms with van der Waals surface area (Å²) in [5.41, 5.74) is 11.4. The van der Waals surface area contributed by atoms with Crippen molar-refractivity contribution in [2.45, 2.75) is 53.1 Å². The molecule has 0 aromatic carbocycles. The van der Waals surface area contributed by atoms with E-state index >= 15 is 0 Å². The number of fused-ring (bicyclic) bond motifs is 1. The highest BCUT2D eigenvalue weighted by Crippen LogP contribution is 2.41. The highest BCUT2D eigenvalue weighted by Gasteiger charge is 2.33. The molecule has 3 rings (SSSR count). The molecule has 0 radical (unpaired) electrons. The molecule has 0 saturated carbocycles. The van der Waals surface area contributed by atoms with Crippen molar-refractivity contribution in [3.05, 3.63) is 40.5 Å². The lowest BCUT2D eigenvalue weighted by Crippen LogP contribution is -2.30. The van der Waals surface area contributed by atoms with Crippen LogP contribution in [0.4, 0.5) is 0 Å². The van der Waals surface area contributed by atoms with Crippen LogP contribution in [0.3, 0.4) is 0 Å². The molecule has 108 valence electrons. The maximum absolute atomic E-state index is 6.35. The van der Waals surface area contributed by atoms with Gasteiger partial charge >= 0.3 is 0 Å². The largest absolute Gasteiger partial charge is 0.359 e. The fraction of sp³-hybridized carbons (Fsp3) is 0.562. The molecule has 20 heavy (non-hydrogen) atoms. The summed E-state index contributed by atoms with van der Waals surface area (Å²) in [4.78, 5) is 0. The maximum atomic E-state index is 6.35. The molecule has 1 unspecified atom stereocenters. The normalized spacial score (nSPS) is 20.9. The monoisotopic (exact) mass is 273 g/mol. The van der Waals surface area contributed by atoms with Crippen molar-refractivity contribution in [1.82, 2.24) is 9.72 Å². The van der Waals surface area contributed by atoms with Gasteiger partial charge in [0.05, 0.1) is 12.2 Å². The predicted molar refractivity (Wildman–Crippen MR) is 78.5 cm³/mol. The first-order chi connectivity index (χ1) is 9.35. The van der Waals surface area contributed by atoms with E-state index in [4.69, 9.17) is 10.3 Å². The number of rotatable bonds is 2. The van der Waals surface area contributed by atoms with Crippen molar-refractivity contribution in [3.8, 4) is 0 Å². The Labute approximate surface area is 119 Å². The first kappa shape index (κ1) is 13.4. The summed E-state index contributed by atoms with van der Waals surface area (Å²) in [6.45, 7) is 9.41. The van der Waals surface area contributed by atoms with Gasteiger partial charge < -0.3 is 14.8 Å². The topological polar surface area (TPSA) is 57.0 Å². The molecule has 1 aliphatic rings. The summed E-state index contributed by atoms with van der Waals surface area (Å²) in [7, 11) is 0. The van der Waals surface area contributed by atoms with Gasteiger partial charge in [0.1, 0.15) is 0 Å². The second-order valence-corrected chi connectivity index (χ2v) is 6.86. The van der Waals surface area contributed by atoms with E-state index in [1.165, 1.54) is 17.0 Å². The first-order valence-electron chi connectivity index (χ1n) is 7.22. The number of aromatic nitrogens is 2. The van der Waals surface area contributed by atoms with Gasteiger partial charge in [0.2, 0.25) is 0 Å². The minimum absolute atomic E-state index is 0.144. The summed E-state index contributed by atoms with van der Waals surface area (Å²) < 4.78 is 7.69. The highest BCUT2D eigenvalue weighted by atomic mass is 16.5. The molecule has 2 heterocycles. The third-order valence-corrected chi connectivity index (χ3v) is 4.26. The molecule has 1 aliphatic carbocycles. The minimum atomic E-state index is 0.144. The lowest BCUT2D eigenvalue weighted by atomic mass is 9.74. The second kappa shape index (κ2) is 4.48. The van der Waals surface area contributed by atoms with Crippen LogP contribution in [0, 0.1) is 19.3 Å². The zero-order chi connectivity index (χ0) is 14.5. The third-order valence-electron chi connectivity index (χ3n) is 4.26. The summed E-state index contributed by atoms with van der Waals surface area (Å²) >= 11 is 0. The molecule has 0 spiro atoms. The van der Waals surface area contributed by atoms with Gasteiger partial charge in [0.15, 0.2) is 5.76 Å². The Morgan fingerprint density at radius 3 is 2.80 bits per heavy atom. The van der Waals surface area contributed by atoms with E-state index in [0.29, 0.717) is 0 Å². The zero-order valence-corrected chi connectivity index (χ0v) is 12.7. The molecule has 2 aromatic rings. The lowest BCUT2D eigenvalue weighted by molar-refractivity contribution is 0.274. The predicted octanol–water partition coefficient (Wildman–Crippen LogP) is 3.11. The SMILES string of the molecule is Cc1cc(Cn2c(C)cc3c2CC(C)(C)CC3N)on1. The second-order valence-electron chi connectivity index (χ2n) is 6.86. The number of nitrogens with two attached hydrogens (primary N) is 1. The summed E-state index contributed by atoms with van der Waals surface area (Å²) in [5.74, 6) is 0.904. The van der Waals surface area contributed by atoms with Crippen LogP contribution in [-0.2, 0) is 13.0 Å². The van der Waals surface area contributed by atoms with Gasteiger partial charge in [-0.3, -0.25) is 0 Å². The quantitative estimate of drug-likeness (QED) is 0.914. The Morgan fingerprint density at radius 1 is 1.40 bits per heavy atom. The third kappa shape index (κ3) is 2.29. The van der Waals surface area contributed by atoms with Crippen LogP contribution in [0.2, 0.25) is 0 Å². The van der Waals surface area contributed by atoms with Crippen LogP contribution in [0.5, 0.6) is 0 Å². The van der Waals surface area contributed by atoms with E-state index < -0.39 is 0 Å². The van der Waals surface area contributed by atoms with Gasteiger partial charge in [-0.15, -0.1) is 0 Å². The number of nitrogens with zero attached hydrogens (tertiary/aromatic N) is 2. The number of aryl methyl sites for hydroxylation is 2. The van der Waals surface area contributed by atoms with Crippen molar-refractivity contribution in [2.24, 2.45) is 11.1 Å². The van der Waals surface area contributed by atoms with Crippen LogP contribution >= 0.6 is 0 Å². The molecule has 2 N–H and O–H groups in total. The first-order valence-corrected chi connectivity index (χ1v) is 7.22. The van der Waals surface area contributed by atoms with Crippen molar-refractivity contribution in [3.63, 3.8) is 0 Å². The fourth-order valence-corrected chi connectivity index (χ4v) is 3.37. The van der Waals surface area contributed by atoms with Crippen LogP contribution in [-0.4, -0.2) is 9.72 Å². The smallest absolute Gasteiger partial charge is 0.156 e. The van der Waals surface area contributed by atoms with E-state index in [9.17, 15) is 0 Å². The average molecular weight is 273 g/mol. The van der Waals surface area contributed by atoms with Crippen LogP contribution in [0.1, 0.15) is 54.7 Å². The van der Waals surface area contributed by atoms with Crippen molar-refractivity contribution >= 4 is 0 Å². The molecule has 0 saturated heterocycles. The molecular weight excluding hydrogens is 250 g/mol. The van der Waals surface area contributed by atoms with Crippen molar-refractivity contribution in [1.29, 1.82) is 0 Å². The molecule has 2 aromatic heterocycles. The van der Waals surface area contributed by atoms with E-state index in [1.54, 1.807) is 0 Å².